The molecule has 0 fully saturated rings. The lowest BCUT2D eigenvalue weighted by Gasteiger charge is -2.18. The third kappa shape index (κ3) is 5.04. The third-order valence-electron chi connectivity index (χ3n) is 3.78. The van der Waals surface area contributed by atoms with Gasteiger partial charge in [-0.25, -0.2) is 13.1 Å². The van der Waals surface area contributed by atoms with Gasteiger partial charge >= 0.3 is 0 Å². The molecule has 0 heterocycles. The Morgan fingerprint density at radius 2 is 1.84 bits per heavy atom. The molecule has 134 valence electrons. The van der Waals surface area contributed by atoms with E-state index in [1.165, 1.54) is 24.1 Å². The van der Waals surface area contributed by atoms with Crippen LogP contribution >= 0.6 is 0 Å². The molecule has 0 atom stereocenters. The van der Waals surface area contributed by atoms with Crippen molar-refractivity contribution in [1.29, 1.82) is 0 Å². The Morgan fingerprint density at radius 1 is 1.16 bits per heavy atom. The average molecular weight is 362 g/mol. The minimum absolute atomic E-state index is 0.101. The number of carbonyl (C=O) groups excluding carboxylic acids is 1. The van der Waals surface area contributed by atoms with Crippen LogP contribution in [0.4, 0.5) is 0 Å². The third-order valence-corrected chi connectivity index (χ3v) is 5.18. The molecule has 1 amide bonds. The zero-order valence-corrected chi connectivity index (χ0v) is 15.3. The van der Waals surface area contributed by atoms with Crippen molar-refractivity contribution in [1.82, 2.24) is 9.62 Å². The van der Waals surface area contributed by atoms with Crippen LogP contribution < -0.4 is 9.46 Å². The maximum absolute atomic E-state index is 12.3. The minimum atomic E-state index is -3.76. The van der Waals surface area contributed by atoms with E-state index in [4.69, 9.17) is 4.74 Å². The lowest BCUT2D eigenvalue weighted by Crippen LogP contribution is -2.37. The second-order valence-corrected chi connectivity index (χ2v) is 7.46. The summed E-state index contributed by atoms with van der Waals surface area (Å²) >= 11 is 0. The van der Waals surface area contributed by atoms with Gasteiger partial charge in [-0.2, -0.15) is 0 Å². The molecule has 0 saturated heterocycles. The van der Waals surface area contributed by atoms with Crippen LogP contribution in [-0.2, 0) is 21.4 Å². The maximum Gasteiger partial charge on any atom is 0.241 e. The summed E-state index contributed by atoms with van der Waals surface area (Å²) < 4.78 is 32.2. The molecule has 1 N–H and O–H groups in total. The lowest BCUT2D eigenvalue weighted by molar-refractivity contribution is -0.129. The van der Waals surface area contributed by atoms with Gasteiger partial charge in [-0.1, -0.05) is 30.3 Å². The first-order chi connectivity index (χ1) is 11.8. The first-order valence-corrected chi connectivity index (χ1v) is 9.24. The van der Waals surface area contributed by atoms with Crippen molar-refractivity contribution in [3.05, 3.63) is 59.7 Å². The Balaban J connectivity index is 1.99. The average Bonchev–Trinajstić information content (AvgIpc) is 2.60. The van der Waals surface area contributed by atoms with Gasteiger partial charge < -0.3 is 9.64 Å². The largest absolute Gasteiger partial charge is 0.496 e. The molecule has 0 aliphatic rings. The van der Waals surface area contributed by atoms with E-state index in [0.29, 0.717) is 17.9 Å². The number of hydrogen-bond donors (Lipinski definition) is 1. The summed E-state index contributed by atoms with van der Waals surface area (Å²) in [7, 11) is -0.598. The molecule has 0 aliphatic heterocycles. The van der Waals surface area contributed by atoms with Gasteiger partial charge in [-0.3, -0.25) is 4.79 Å². The molecule has 25 heavy (non-hydrogen) atoms. The van der Waals surface area contributed by atoms with Crippen LogP contribution in [0.1, 0.15) is 11.1 Å². The highest BCUT2D eigenvalue weighted by Gasteiger charge is 2.18. The molecular formula is C18H22N2O4S. The van der Waals surface area contributed by atoms with Crippen molar-refractivity contribution in [2.75, 3.05) is 20.7 Å². The predicted octanol–water partition coefficient (Wildman–Crippen LogP) is 1.94. The van der Waals surface area contributed by atoms with Crippen molar-refractivity contribution in [3.63, 3.8) is 0 Å². The van der Waals surface area contributed by atoms with Crippen molar-refractivity contribution in [2.24, 2.45) is 0 Å². The highest BCUT2D eigenvalue weighted by atomic mass is 32.2. The van der Waals surface area contributed by atoms with Gasteiger partial charge in [0.25, 0.3) is 0 Å². The Labute approximate surface area is 148 Å². The summed E-state index contributed by atoms with van der Waals surface area (Å²) in [5.74, 6) is 0.301. The molecule has 2 rings (SSSR count). The van der Waals surface area contributed by atoms with E-state index in [1.807, 2.05) is 30.3 Å². The van der Waals surface area contributed by atoms with Crippen LogP contribution in [0, 0.1) is 6.92 Å². The normalized spacial score (nSPS) is 11.2. The summed E-state index contributed by atoms with van der Waals surface area (Å²) in [5, 5.41) is 0. The number of rotatable bonds is 7. The number of benzene rings is 2. The van der Waals surface area contributed by atoms with Gasteiger partial charge in [0.2, 0.25) is 15.9 Å². The van der Waals surface area contributed by atoms with Gasteiger partial charge in [0, 0.05) is 13.6 Å². The van der Waals surface area contributed by atoms with E-state index in [1.54, 1.807) is 20.0 Å². The molecule has 0 radical (unpaired) electrons. The molecule has 6 nitrogen and oxygen atoms in total. The number of aryl methyl sites for hydroxylation is 1. The van der Waals surface area contributed by atoms with E-state index in [2.05, 4.69) is 4.72 Å². The number of sulfonamides is 1. The minimum Gasteiger partial charge on any atom is -0.496 e. The quantitative estimate of drug-likeness (QED) is 0.817. The van der Waals surface area contributed by atoms with Gasteiger partial charge in [0.15, 0.2) is 0 Å². The molecule has 0 bridgehead atoms. The van der Waals surface area contributed by atoms with Gasteiger partial charge in [-0.15, -0.1) is 0 Å². The monoisotopic (exact) mass is 362 g/mol. The predicted molar refractivity (Wildman–Crippen MR) is 95.8 cm³/mol. The molecule has 2 aromatic carbocycles. The second-order valence-electron chi connectivity index (χ2n) is 5.69. The van der Waals surface area contributed by atoms with Crippen molar-refractivity contribution in [3.8, 4) is 5.75 Å². The van der Waals surface area contributed by atoms with Crippen LogP contribution in [0.3, 0.4) is 0 Å². The lowest BCUT2D eigenvalue weighted by atomic mass is 10.2. The Bertz CT molecular complexity index is 835. The van der Waals surface area contributed by atoms with Crippen molar-refractivity contribution in [2.45, 2.75) is 18.4 Å². The SMILES string of the molecule is COc1ccc(S(=O)(=O)NCC(=O)N(C)Cc2ccccc2)cc1C. The van der Waals surface area contributed by atoms with Crippen LogP contribution in [0.25, 0.3) is 0 Å². The first-order valence-electron chi connectivity index (χ1n) is 7.75. The zero-order valence-electron chi connectivity index (χ0n) is 14.5. The fourth-order valence-corrected chi connectivity index (χ4v) is 3.40. The molecular weight excluding hydrogens is 340 g/mol. The van der Waals surface area contributed by atoms with Crippen LogP contribution in [0.2, 0.25) is 0 Å². The number of carbonyl (C=O) groups is 1. The number of nitrogens with zero attached hydrogens (tertiary/aromatic N) is 1. The highest BCUT2D eigenvalue weighted by Crippen LogP contribution is 2.21. The Hall–Kier alpha value is -2.38. The number of hydrogen-bond acceptors (Lipinski definition) is 4. The highest BCUT2D eigenvalue weighted by molar-refractivity contribution is 7.89. The summed E-state index contributed by atoms with van der Waals surface area (Å²) in [6.45, 7) is 1.89. The summed E-state index contributed by atoms with van der Waals surface area (Å²) in [5.41, 5.74) is 1.69. The molecule has 0 saturated carbocycles. The first kappa shape index (κ1) is 19.0. The zero-order chi connectivity index (χ0) is 18.4. The molecule has 0 aliphatic carbocycles. The molecule has 0 spiro atoms. The Kier molecular flexibility index (Phi) is 6.17. The van der Waals surface area contributed by atoms with Gasteiger partial charge in [0.05, 0.1) is 18.6 Å². The maximum atomic E-state index is 12.3. The number of methoxy groups -OCH3 is 1. The van der Waals surface area contributed by atoms with Gasteiger partial charge in [-0.05, 0) is 36.2 Å². The number of likely N-dealkylation sites (N-methyl/N-ethyl adjacent to an activating group) is 1. The van der Waals surface area contributed by atoms with Crippen molar-refractivity contribution >= 4 is 15.9 Å². The summed E-state index contributed by atoms with van der Waals surface area (Å²) in [4.78, 5) is 13.8. The number of amides is 1. The summed E-state index contributed by atoms with van der Waals surface area (Å²) in [6, 6.07) is 14.1. The van der Waals surface area contributed by atoms with Crippen LogP contribution in [0.15, 0.2) is 53.4 Å². The van der Waals surface area contributed by atoms with Crippen molar-refractivity contribution < 1.29 is 17.9 Å². The van der Waals surface area contributed by atoms with Crippen LogP contribution in [-0.4, -0.2) is 39.9 Å². The molecule has 0 aromatic heterocycles. The fourth-order valence-electron chi connectivity index (χ4n) is 2.34. The van der Waals surface area contributed by atoms with E-state index in [-0.39, 0.29) is 17.3 Å². The standard InChI is InChI=1S/C18H22N2O4S/c1-14-11-16(9-10-17(14)24-3)25(22,23)19-12-18(21)20(2)13-15-7-5-4-6-8-15/h4-11,19H,12-13H2,1-3H3. The number of ether oxygens (including phenoxy) is 1. The molecule has 0 unspecified atom stereocenters. The topological polar surface area (TPSA) is 75.7 Å². The molecule has 2 aromatic rings. The molecule has 7 heteroatoms. The van der Waals surface area contributed by atoms with E-state index >= 15 is 0 Å². The van der Waals surface area contributed by atoms with Gasteiger partial charge in [0.1, 0.15) is 5.75 Å². The Morgan fingerprint density at radius 3 is 2.44 bits per heavy atom. The second kappa shape index (κ2) is 8.13. The van der Waals surface area contributed by atoms with E-state index in [9.17, 15) is 13.2 Å². The smallest absolute Gasteiger partial charge is 0.241 e. The fraction of sp³-hybridized carbons (Fsp3) is 0.278. The van der Waals surface area contributed by atoms with Crippen LogP contribution in [0.5, 0.6) is 5.75 Å². The number of nitrogens with one attached hydrogen (secondary N) is 1. The van der Waals surface area contributed by atoms with E-state index in [0.717, 1.165) is 5.56 Å². The summed E-state index contributed by atoms with van der Waals surface area (Å²) in [6.07, 6.45) is 0. The van der Waals surface area contributed by atoms with E-state index < -0.39 is 10.0 Å².